The first-order chi connectivity index (χ1) is 24.9. The Morgan fingerprint density at radius 3 is 1.54 bits per heavy atom. The highest BCUT2D eigenvalue weighted by Crippen LogP contribution is 2.33. The van der Waals surface area contributed by atoms with Gasteiger partial charge in [-0.3, -0.25) is 9.59 Å². The molecule has 2 saturated carbocycles. The van der Waals surface area contributed by atoms with Gasteiger partial charge in [-0.1, -0.05) is 89.9 Å². The van der Waals surface area contributed by atoms with Crippen LogP contribution in [0.25, 0.3) is 0 Å². The molecule has 292 valence electrons. The summed E-state index contributed by atoms with van der Waals surface area (Å²) in [6.45, 7) is 9.57. The van der Waals surface area contributed by atoms with Crippen molar-refractivity contribution in [3.63, 3.8) is 0 Å². The molecule has 0 radical (unpaired) electrons. The van der Waals surface area contributed by atoms with E-state index in [0.717, 1.165) is 43.9 Å². The van der Waals surface area contributed by atoms with Gasteiger partial charge >= 0.3 is 23.9 Å². The Labute approximate surface area is 309 Å². The first kappa shape index (κ1) is 42.7. The molecule has 1 N–H and O–H groups in total. The summed E-state index contributed by atoms with van der Waals surface area (Å²) in [7, 11) is 0. The Hall–Kier alpha value is -3.70. The minimum Gasteiger partial charge on any atom is -0.481 e. The van der Waals surface area contributed by atoms with E-state index in [1.165, 1.54) is 76.7 Å². The molecular weight excluding hydrogens is 668 g/mol. The maximum Gasteiger partial charge on any atom is 0.360 e. The van der Waals surface area contributed by atoms with Crippen LogP contribution in [0.1, 0.15) is 195 Å². The Morgan fingerprint density at radius 1 is 0.731 bits per heavy atom. The molecule has 0 aromatic carbocycles. The van der Waals surface area contributed by atoms with Crippen LogP contribution in [0.15, 0.2) is 21.4 Å². The number of carbonyl (C=O) groups excluding carboxylic acids is 3. The van der Waals surface area contributed by atoms with E-state index >= 15 is 0 Å². The maximum atomic E-state index is 12.4. The van der Waals surface area contributed by atoms with Crippen molar-refractivity contribution in [3.05, 3.63) is 35.7 Å². The van der Waals surface area contributed by atoms with Crippen LogP contribution in [0, 0.1) is 11.8 Å². The molecule has 52 heavy (non-hydrogen) atoms. The molecule has 2 heterocycles. The number of hydrogen-bond donors (Lipinski definition) is 1. The van der Waals surface area contributed by atoms with Gasteiger partial charge in [-0.15, -0.1) is 0 Å². The van der Waals surface area contributed by atoms with Gasteiger partial charge in [0.05, 0.1) is 26.1 Å². The maximum absolute atomic E-state index is 12.4. The highest BCUT2D eigenvalue weighted by molar-refractivity contribution is 5.87. The topological polar surface area (TPSA) is 168 Å². The summed E-state index contributed by atoms with van der Waals surface area (Å²) in [5, 5.41) is 9.13. The molecule has 2 aliphatic rings. The van der Waals surface area contributed by atoms with Crippen molar-refractivity contribution in [3.8, 4) is 0 Å². The van der Waals surface area contributed by atoms with Gasteiger partial charge in [0.15, 0.2) is 23.2 Å². The molecular formula is C40H62N2O10. The van der Waals surface area contributed by atoms with E-state index in [9.17, 15) is 19.2 Å². The lowest BCUT2D eigenvalue weighted by atomic mass is 9.84. The molecule has 0 aliphatic heterocycles. The fourth-order valence-electron chi connectivity index (χ4n) is 7.23. The average Bonchev–Trinajstić information content (AvgIpc) is 3.80. The third-order valence-corrected chi connectivity index (χ3v) is 9.75. The van der Waals surface area contributed by atoms with Crippen LogP contribution in [0.3, 0.4) is 0 Å². The summed E-state index contributed by atoms with van der Waals surface area (Å²) >= 11 is 0. The number of rotatable bonds is 18. The van der Waals surface area contributed by atoms with Crippen molar-refractivity contribution in [2.75, 3.05) is 13.2 Å². The minimum atomic E-state index is -0.881. The van der Waals surface area contributed by atoms with Gasteiger partial charge in [-0.25, -0.2) is 19.6 Å². The zero-order valence-corrected chi connectivity index (χ0v) is 32.1. The SMILES string of the molecule is CCOC(=O)c1coc([C@H](CCCC2CCCCC2)CC(=O)O)n1.CCOC(=O)c1coc([C@H](CCCC2CCCCC2)CC(=O)OC(C)(C)C)n1. The van der Waals surface area contributed by atoms with Crippen LogP contribution < -0.4 is 0 Å². The summed E-state index contributed by atoms with van der Waals surface area (Å²) in [5.74, 6) is -0.392. The summed E-state index contributed by atoms with van der Waals surface area (Å²) in [6.07, 6.45) is 21.7. The highest BCUT2D eigenvalue weighted by atomic mass is 16.6. The molecule has 2 atom stereocenters. The predicted octanol–water partition coefficient (Wildman–Crippen LogP) is 9.58. The molecule has 0 saturated heterocycles. The first-order valence-corrected chi connectivity index (χ1v) is 19.6. The number of carboxylic acid groups (broad SMARTS) is 1. The molecule has 0 spiro atoms. The number of nitrogens with zero attached hydrogens (tertiary/aromatic N) is 2. The van der Waals surface area contributed by atoms with Gasteiger partial charge in [0, 0.05) is 11.8 Å². The number of esters is 3. The van der Waals surface area contributed by atoms with E-state index in [4.69, 9.17) is 28.2 Å². The van der Waals surface area contributed by atoms with E-state index in [-0.39, 0.29) is 55.2 Å². The molecule has 2 aromatic heterocycles. The van der Waals surface area contributed by atoms with Gasteiger partial charge in [-0.05, 0) is 59.3 Å². The van der Waals surface area contributed by atoms with Crippen molar-refractivity contribution in [2.45, 2.75) is 168 Å². The third kappa shape index (κ3) is 15.9. The normalized spacial score (nSPS) is 16.6. The largest absolute Gasteiger partial charge is 0.481 e. The van der Waals surface area contributed by atoms with E-state index in [0.29, 0.717) is 18.2 Å². The molecule has 0 unspecified atom stereocenters. The lowest BCUT2D eigenvalue weighted by molar-refractivity contribution is -0.155. The van der Waals surface area contributed by atoms with Crippen LogP contribution in [-0.4, -0.2) is 57.8 Å². The van der Waals surface area contributed by atoms with Crippen LogP contribution in [0.4, 0.5) is 0 Å². The molecule has 2 fully saturated rings. The monoisotopic (exact) mass is 730 g/mol. The zero-order valence-electron chi connectivity index (χ0n) is 32.1. The fraction of sp³-hybridized carbons (Fsp3) is 0.750. The highest BCUT2D eigenvalue weighted by Gasteiger charge is 2.27. The smallest absolute Gasteiger partial charge is 0.360 e. The summed E-state index contributed by atoms with van der Waals surface area (Å²) in [6, 6.07) is 0. The van der Waals surface area contributed by atoms with Crippen LogP contribution in [0.5, 0.6) is 0 Å². The van der Waals surface area contributed by atoms with Gasteiger partial charge in [0.25, 0.3) is 0 Å². The Kier molecular flexibility index (Phi) is 18.4. The first-order valence-electron chi connectivity index (χ1n) is 19.6. The van der Waals surface area contributed by atoms with Crippen molar-refractivity contribution in [1.29, 1.82) is 0 Å². The molecule has 2 aliphatic carbocycles. The molecule has 4 rings (SSSR count). The number of carboxylic acids is 1. The standard InChI is InChI=1S/C22H35NO5.C18H27NO5/c1-5-26-21(25)18-15-27-20(23-18)17(14-19(24)28-22(2,3)4)13-9-12-16-10-7-6-8-11-16;1-2-23-18(22)15-12-24-17(19-15)14(11-16(20)21)10-6-9-13-7-4-3-5-8-13/h15-17H,5-14H2,1-4H3;12-14H,2-11H2,1H3,(H,20,21)/t17-;14-/m11/s1. The zero-order chi connectivity index (χ0) is 37.9. The number of aromatic nitrogens is 2. The lowest BCUT2D eigenvalue weighted by Crippen LogP contribution is -2.25. The van der Waals surface area contributed by atoms with Gasteiger partial charge < -0.3 is 28.2 Å². The molecule has 2 aromatic rings. The molecule has 12 heteroatoms. The Balaban J connectivity index is 0.000000284. The summed E-state index contributed by atoms with van der Waals surface area (Å²) in [5.41, 5.74) is -0.274. The quantitative estimate of drug-likeness (QED) is 0.114. The van der Waals surface area contributed by atoms with Crippen LogP contribution >= 0.6 is 0 Å². The van der Waals surface area contributed by atoms with Crippen molar-refractivity contribution in [1.82, 2.24) is 9.97 Å². The van der Waals surface area contributed by atoms with E-state index in [1.807, 2.05) is 20.8 Å². The number of oxazole rings is 2. The third-order valence-electron chi connectivity index (χ3n) is 9.75. The van der Waals surface area contributed by atoms with Crippen molar-refractivity contribution < 1.29 is 47.3 Å². The van der Waals surface area contributed by atoms with Gasteiger partial charge in [0.2, 0.25) is 0 Å². The average molecular weight is 731 g/mol. The fourth-order valence-corrected chi connectivity index (χ4v) is 7.23. The summed E-state index contributed by atoms with van der Waals surface area (Å²) < 4.78 is 26.2. The van der Waals surface area contributed by atoms with Gasteiger partial charge in [0.1, 0.15) is 18.1 Å². The van der Waals surface area contributed by atoms with Crippen molar-refractivity contribution >= 4 is 23.9 Å². The predicted molar refractivity (Wildman–Crippen MR) is 194 cm³/mol. The summed E-state index contributed by atoms with van der Waals surface area (Å²) in [4.78, 5) is 55.5. The van der Waals surface area contributed by atoms with Crippen molar-refractivity contribution in [2.24, 2.45) is 11.8 Å². The van der Waals surface area contributed by atoms with Crippen LogP contribution in [-0.2, 0) is 23.8 Å². The number of carbonyl (C=O) groups is 4. The Morgan fingerprint density at radius 2 is 1.15 bits per heavy atom. The van der Waals surface area contributed by atoms with E-state index in [1.54, 1.807) is 13.8 Å². The second-order valence-electron chi connectivity index (χ2n) is 15.2. The van der Waals surface area contributed by atoms with E-state index < -0.39 is 23.5 Å². The second kappa shape index (κ2) is 22.4. The minimum absolute atomic E-state index is 0.0343. The molecule has 0 bridgehead atoms. The number of hydrogen-bond acceptors (Lipinski definition) is 11. The number of aliphatic carboxylic acids is 1. The Bertz CT molecular complexity index is 1360. The second-order valence-corrected chi connectivity index (χ2v) is 15.2. The van der Waals surface area contributed by atoms with Gasteiger partial charge in [-0.2, -0.15) is 0 Å². The lowest BCUT2D eigenvalue weighted by Gasteiger charge is -2.23. The van der Waals surface area contributed by atoms with E-state index in [2.05, 4.69) is 9.97 Å². The molecule has 0 amide bonds. The number of ether oxygens (including phenoxy) is 3. The molecule has 12 nitrogen and oxygen atoms in total. The van der Waals surface area contributed by atoms with Crippen LogP contribution in [0.2, 0.25) is 0 Å².